The van der Waals surface area contributed by atoms with Gasteiger partial charge in [-0.3, -0.25) is 14.4 Å². The Labute approximate surface area is 189 Å². The third-order valence-corrected chi connectivity index (χ3v) is 5.83. The van der Waals surface area contributed by atoms with Gasteiger partial charge in [-0.15, -0.1) is 0 Å². The predicted molar refractivity (Wildman–Crippen MR) is 117 cm³/mol. The van der Waals surface area contributed by atoms with Crippen LogP contribution >= 0.6 is 11.8 Å². The maximum absolute atomic E-state index is 13.3. The van der Waals surface area contributed by atoms with Crippen molar-refractivity contribution in [3.8, 4) is 0 Å². The highest BCUT2D eigenvalue weighted by molar-refractivity contribution is 7.98. The van der Waals surface area contributed by atoms with E-state index in [-0.39, 0.29) is 12.8 Å². The Morgan fingerprint density at radius 2 is 2.09 bits per heavy atom. The zero-order chi connectivity index (χ0) is 23.7. The number of hydrogen-bond acceptors (Lipinski definition) is 8. The molecule has 12 nitrogen and oxygen atoms in total. The van der Waals surface area contributed by atoms with Crippen LogP contribution in [-0.2, 0) is 25.6 Å². The Balaban J connectivity index is 2.14. The summed E-state index contributed by atoms with van der Waals surface area (Å²) in [5.41, 5.74) is 6.15. The number of carboxylic acid groups (broad SMARTS) is 1. The first-order valence-corrected chi connectivity index (χ1v) is 11.6. The Kier molecular flexibility index (Phi) is 9.94. The number of carbonyl (C=O) groups excluding carboxylic acids is 3. The van der Waals surface area contributed by atoms with Gasteiger partial charge in [0.2, 0.25) is 17.7 Å². The van der Waals surface area contributed by atoms with Crippen molar-refractivity contribution in [2.75, 3.05) is 25.2 Å². The van der Waals surface area contributed by atoms with Gasteiger partial charge in [0.15, 0.2) is 0 Å². The molecule has 4 atom stereocenters. The molecule has 13 heteroatoms. The summed E-state index contributed by atoms with van der Waals surface area (Å²) in [6.45, 7) is -0.293. The van der Waals surface area contributed by atoms with Crippen LogP contribution < -0.4 is 16.4 Å². The Morgan fingerprint density at radius 3 is 2.69 bits per heavy atom. The average molecular weight is 471 g/mol. The molecular weight excluding hydrogens is 440 g/mol. The van der Waals surface area contributed by atoms with Gasteiger partial charge >= 0.3 is 5.97 Å². The number of H-pyrrole nitrogens is 1. The van der Waals surface area contributed by atoms with Gasteiger partial charge < -0.3 is 36.5 Å². The molecule has 0 bridgehead atoms. The van der Waals surface area contributed by atoms with Gasteiger partial charge in [-0.2, -0.15) is 11.8 Å². The third kappa shape index (κ3) is 6.93. The number of carbonyl (C=O) groups is 4. The predicted octanol–water partition coefficient (Wildman–Crippen LogP) is -1.93. The van der Waals surface area contributed by atoms with Crippen LogP contribution in [-0.4, -0.2) is 98.1 Å². The smallest absolute Gasteiger partial charge is 0.326 e. The lowest BCUT2D eigenvalue weighted by Crippen LogP contribution is -2.57. The molecule has 1 saturated heterocycles. The minimum Gasteiger partial charge on any atom is -0.480 e. The van der Waals surface area contributed by atoms with Crippen molar-refractivity contribution in [2.45, 2.75) is 49.9 Å². The van der Waals surface area contributed by atoms with Gasteiger partial charge in [0.05, 0.1) is 12.9 Å². The standard InChI is InChI=1S/C19H30N6O6S/c1-32-6-4-13(19(30)31)23-17(28)15-3-2-5-25(15)18(29)14(7-11-8-21-10-22-11)24-16(27)12(20)9-26/h8,10,12-15,26H,2-7,9,20H2,1H3,(H,21,22)(H,23,28)(H,24,27)(H,30,31). The molecule has 178 valence electrons. The molecule has 0 aromatic carbocycles. The maximum atomic E-state index is 13.3. The summed E-state index contributed by atoms with van der Waals surface area (Å²) in [6, 6.07) is -4.12. The van der Waals surface area contributed by atoms with Crippen molar-refractivity contribution >= 4 is 35.5 Å². The van der Waals surface area contributed by atoms with E-state index in [1.54, 1.807) is 0 Å². The van der Waals surface area contributed by atoms with Crippen molar-refractivity contribution in [1.82, 2.24) is 25.5 Å². The molecule has 2 rings (SSSR count). The SMILES string of the molecule is CSCCC(NC(=O)C1CCCN1C(=O)C(Cc1cnc[nH]1)NC(=O)C(N)CO)C(=O)O. The highest BCUT2D eigenvalue weighted by Crippen LogP contribution is 2.20. The second-order valence-corrected chi connectivity index (χ2v) is 8.49. The number of hydrogen-bond donors (Lipinski definition) is 6. The monoisotopic (exact) mass is 470 g/mol. The summed E-state index contributed by atoms with van der Waals surface area (Å²) in [6.07, 6.45) is 6.08. The number of thioether (sulfide) groups is 1. The number of nitrogens with two attached hydrogens (primary N) is 1. The third-order valence-electron chi connectivity index (χ3n) is 5.19. The second kappa shape index (κ2) is 12.4. The molecule has 32 heavy (non-hydrogen) atoms. The average Bonchev–Trinajstić information content (AvgIpc) is 3.46. The minimum absolute atomic E-state index is 0.0824. The fourth-order valence-corrected chi connectivity index (χ4v) is 3.91. The van der Waals surface area contributed by atoms with E-state index < -0.39 is 54.5 Å². The van der Waals surface area contributed by atoms with Crippen molar-refractivity contribution in [3.05, 3.63) is 18.2 Å². The van der Waals surface area contributed by atoms with Crippen LogP contribution in [0.15, 0.2) is 12.5 Å². The Bertz CT molecular complexity index is 791. The van der Waals surface area contributed by atoms with Crippen LogP contribution in [0.3, 0.4) is 0 Å². The molecule has 0 aliphatic carbocycles. The molecular formula is C19H30N6O6S. The van der Waals surface area contributed by atoms with Gasteiger partial charge in [-0.05, 0) is 31.3 Å². The molecule has 1 aliphatic rings. The van der Waals surface area contributed by atoms with E-state index in [9.17, 15) is 24.3 Å². The summed E-state index contributed by atoms with van der Waals surface area (Å²) < 4.78 is 0. The summed E-state index contributed by atoms with van der Waals surface area (Å²) in [5.74, 6) is -2.30. The van der Waals surface area contributed by atoms with Gasteiger partial charge in [-0.1, -0.05) is 0 Å². The molecule has 1 aromatic heterocycles. The number of aromatic nitrogens is 2. The zero-order valence-electron chi connectivity index (χ0n) is 17.8. The van der Waals surface area contributed by atoms with Gasteiger partial charge in [0, 0.05) is 24.9 Å². The highest BCUT2D eigenvalue weighted by Gasteiger charge is 2.39. The molecule has 1 aromatic rings. The number of rotatable bonds is 12. The molecule has 0 saturated carbocycles. The molecule has 4 unspecified atom stereocenters. The summed E-state index contributed by atoms with van der Waals surface area (Å²) in [5, 5.41) is 23.6. The first kappa shape index (κ1) is 25.6. The quantitative estimate of drug-likeness (QED) is 0.202. The molecule has 1 fully saturated rings. The number of aliphatic hydroxyl groups excluding tert-OH is 1. The minimum atomic E-state index is -1.20. The maximum Gasteiger partial charge on any atom is 0.326 e. The van der Waals surface area contributed by atoms with Gasteiger partial charge in [0.1, 0.15) is 24.2 Å². The summed E-state index contributed by atoms with van der Waals surface area (Å²) in [4.78, 5) is 57.9. The number of amides is 3. The van der Waals surface area contributed by atoms with Crippen LogP contribution in [0.25, 0.3) is 0 Å². The number of aliphatic hydroxyl groups is 1. The largest absolute Gasteiger partial charge is 0.480 e. The Hall–Kier alpha value is -2.64. The van der Waals surface area contributed by atoms with Crippen LogP contribution in [0.2, 0.25) is 0 Å². The van der Waals surface area contributed by atoms with E-state index in [1.165, 1.54) is 29.2 Å². The lowest BCUT2D eigenvalue weighted by Gasteiger charge is -2.29. The molecule has 1 aliphatic heterocycles. The Morgan fingerprint density at radius 1 is 1.34 bits per heavy atom. The van der Waals surface area contributed by atoms with Gasteiger partial charge in [0.25, 0.3) is 0 Å². The lowest BCUT2D eigenvalue weighted by molar-refractivity contribution is -0.145. The molecule has 7 N–H and O–H groups in total. The number of carboxylic acids is 1. The van der Waals surface area contributed by atoms with Crippen molar-refractivity contribution in [1.29, 1.82) is 0 Å². The number of nitrogens with one attached hydrogen (secondary N) is 3. The van der Waals surface area contributed by atoms with Crippen LogP contribution in [0, 0.1) is 0 Å². The first-order chi connectivity index (χ1) is 15.3. The number of aromatic amines is 1. The fraction of sp³-hybridized carbons (Fsp3) is 0.632. The topological polar surface area (TPSA) is 191 Å². The van der Waals surface area contributed by atoms with Crippen LogP contribution in [0.5, 0.6) is 0 Å². The van der Waals surface area contributed by atoms with Gasteiger partial charge in [-0.25, -0.2) is 9.78 Å². The number of likely N-dealkylation sites (tertiary alicyclic amines) is 1. The molecule has 0 radical (unpaired) electrons. The number of aliphatic carboxylic acids is 1. The van der Waals surface area contributed by atoms with E-state index in [1.807, 2.05) is 6.26 Å². The van der Waals surface area contributed by atoms with Crippen molar-refractivity contribution < 1.29 is 29.4 Å². The molecule has 0 spiro atoms. The highest BCUT2D eigenvalue weighted by atomic mass is 32.2. The van der Waals surface area contributed by atoms with E-state index in [0.29, 0.717) is 30.8 Å². The summed E-state index contributed by atoms with van der Waals surface area (Å²) in [7, 11) is 0. The van der Waals surface area contributed by atoms with E-state index in [4.69, 9.17) is 10.8 Å². The molecule has 2 heterocycles. The number of nitrogens with zero attached hydrogens (tertiary/aromatic N) is 2. The van der Waals surface area contributed by atoms with Crippen LogP contribution in [0.1, 0.15) is 25.0 Å². The normalized spacial score (nSPS) is 18.6. The van der Waals surface area contributed by atoms with E-state index >= 15 is 0 Å². The van der Waals surface area contributed by atoms with Crippen LogP contribution in [0.4, 0.5) is 0 Å². The molecule has 3 amide bonds. The number of imidazole rings is 1. The van der Waals surface area contributed by atoms with Crippen molar-refractivity contribution in [3.63, 3.8) is 0 Å². The van der Waals surface area contributed by atoms with Crippen molar-refractivity contribution in [2.24, 2.45) is 5.73 Å². The lowest BCUT2D eigenvalue weighted by atomic mass is 10.1. The van der Waals surface area contributed by atoms with E-state index in [2.05, 4.69) is 20.6 Å². The second-order valence-electron chi connectivity index (χ2n) is 7.50. The van der Waals surface area contributed by atoms with E-state index in [0.717, 1.165) is 0 Å². The summed E-state index contributed by atoms with van der Waals surface area (Å²) >= 11 is 1.47. The zero-order valence-corrected chi connectivity index (χ0v) is 18.6. The first-order valence-electron chi connectivity index (χ1n) is 10.2. The fourth-order valence-electron chi connectivity index (χ4n) is 3.44.